The standard InChI is InChI=1S/C34H38NO11P/c1-4-42-47(41,43-5-2)22-28(37)35-21-27(44-31(38)24-15-9-6-10-16-24)29(45-32(39)25-17-11-7-12-18-25)30(34(35,3)23-36)46-33(40)26-19-13-8-14-20-26/h6-20,27,29-30,36H,4-5,21-23H2,1-3H3/t27-,29+,30+,34-/m1/s1. The third-order valence-corrected chi connectivity index (χ3v) is 9.58. The molecule has 1 heterocycles. The van der Waals surface area contributed by atoms with Crippen LogP contribution in [-0.2, 0) is 32.6 Å². The van der Waals surface area contributed by atoms with Crippen LogP contribution < -0.4 is 0 Å². The van der Waals surface area contributed by atoms with E-state index in [9.17, 15) is 28.8 Å². The van der Waals surface area contributed by atoms with E-state index in [2.05, 4.69) is 0 Å². The first-order valence-corrected chi connectivity index (χ1v) is 16.9. The Balaban J connectivity index is 1.81. The van der Waals surface area contributed by atoms with Gasteiger partial charge in [0.1, 0.15) is 11.7 Å². The molecule has 47 heavy (non-hydrogen) atoms. The van der Waals surface area contributed by atoms with Gasteiger partial charge in [-0.25, -0.2) is 14.4 Å². The molecule has 1 N–H and O–H groups in total. The third kappa shape index (κ3) is 8.52. The summed E-state index contributed by atoms with van der Waals surface area (Å²) in [5.74, 6) is -3.29. The van der Waals surface area contributed by atoms with Gasteiger partial charge in [-0.15, -0.1) is 0 Å². The minimum Gasteiger partial charge on any atom is -0.453 e. The number of benzene rings is 3. The molecule has 1 fully saturated rings. The van der Waals surface area contributed by atoms with Crippen LogP contribution in [-0.4, -0.2) is 90.2 Å². The van der Waals surface area contributed by atoms with Gasteiger partial charge in [0.05, 0.1) is 43.1 Å². The SMILES string of the molecule is CCOP(=O)(CC(=O)N1C[C@@H](OC(=O)c2ccccc2)[C@H](OC(=O)c2ccccc2)[C@H](OC(=O)c2ccccc2)[C@@]1(C)CO)OCC. The van der Waals surface area contributed by atoms with Gasteiger partial charge in [0.2, 0.25) is 5.91 Å². The molecule has 0 bridgehead atoms. The average molecular weight is 668 g/mol. The fraction of sp³-hybridized carbons (Fsp3) is 0.353. The highest BCUT2D eigenvalue weighted by molar-refractivity contribution is 7.54. The molecule has 13 heteroatoms. The normalized spacial score (nSPS) is 21.0. The molecule has 0 saturated carbocycles. The number of aliphatic hydroxyl groups is 1. The highest BCUT2D eigenvalue weighted by Crippen LogP contribution is 2.49. The van der Waals surface area contributed by atoms with E-state index < -0.39 is 74.6 Å². The molecular weight excluding hydrogens is 629 g/mol. The van der Waals surface area contributed by atoms with Crippen LogP contribution in [0.15, 0.2) is 91.0 Å². The van der Waals surface area contributed by atoms with Crippen LogP contribution in [0.5, 0.6) is 0 Å². The van der Waals surface area contributed by atoms with E-state index in [0.717, 1.165) is 4.90 Å². The van der Waals surface area contributed by atoms with Gasteiger partial charge in [-0.2, -0.15) is 0 Å². The Hall–Kier alpha value is -4.35. The van der Waals surface area contributed by atoms with E-state index in [4.69, 9.17) is 23.3 Å². The molecule has 0 aromatic heterocycles. The lowest BCUT2D eigenvalue weighted by Crippen LogP contribution is -2.73. The average Bonchev–Trinajstić information content (AvgIpc) is 3.08. The highest BCUT2D eigenvalue weighted by atomic mass is 31.2. The van der Waals surface area contributed by atoms with Crippen molar-refractivity contribution in [3.05, 3.63) is 108 Å². The van der Waals surface area contributed by atoms with Gasteiger partial charge in [0.15, 0.2) is 18.3 Å². The molecule has 4 atom stereocenters. The fourth-order valence-corrected chi connectivity index (χ4v) is 6.81. The molecular formula is C34H38NO11P. The van der Waals surface area contributed by atoms with Crippen LogP contribution in [0, 0.1) is 0 Å². The van der Waals surface area contributed by atoms with Gasteiger partial charge in [0.25, 0.3) is 0 Å². The van der Waals surface area contributed by atoms with E-state index >= 15 is 0 Å². The van der Waals surface area contributed by atoms with Gasteiger partial charge < -0.3 is 33.3 Å². The summed E-state index contributed by atoms with van der Waals surface area (Å²) in [7, 11) is -3.95. The van der Waals surface area contributed by atoms with Gasteiger partial charge in [-0.1, -0.05) is 54.6 Å². The molecule has 4 rings (SSSR count). The fourth-order valence-electron chi connectivity index (χ4n) is 5.27. The Kier molecular flexibility index (Phi) is 12.1. The molecule has 1 aliphatic rings. The molecule has 250 valence electrons. The number of piperidine rings is 1. The number of hydrogen-bond donors (Lipinski definition) is 1. The smallest absolute Gasteiger partial charge is 0.340 e. The van der Waals surface area contributed by atoms with Crippen molar-refractivity contribution >= 4 is 31.4 Å². The van der Waals surface area contributed by atoms with Crippen molar-refractivity contribution in [3.63, 3.8) is 0 Å². The molecule has 1 amide bonds. The minimum absolute atomic E-state index is 0.00599. The quantitative estimate of drug-likeness (QED) is 0.155. The third-order valence-electron chi connectivity index (χ3n) is 7.62. The molecule has 0 unspecified atom stereocenters. The Morgan fingerprint density at radius 2 is 1.17 bits per heavy atom. The summed E-state index contributed by atoms with van der Waals surface area (Å²) in [6.45, 7) is 3.38. The molecule has 0 aliphatic carbocycles. The number of ether oxygens (including phenoxy) is 3. The highest BCUT2D eigenvalue weighted by Gasteiger charge is 2.58. The lowest BCUT2D eigenvalue weighted by molar-refractivity contribution is -0.191. The number of rotatable bonds is 13. The van der Waals surface area contributed by atoms with Crippen molar-refractivity contribution in [1.82, 2.24) is 4.90 Å². The van der Waals surface area contributed by atoms with Crippen molar-refractivity contribution in [3.8, 4) is 0 Å². The zero-order valence-electron chi connectivity index (χ0n) is 26.4. The maximum absolute atomic E-state index is 14.0. The van der Waals surface area contributed by atoms with E-state index in [1.807, 2.05) is 0 Å². The Labute approximate surface area is 273 Å². The lowest BCUT2D eigenvalue weighted by Gasteiger charge is -2.52. The lowest BCUT2D eigenvalue weighted by atomic mass is 9.82. The second-order valence-electron chi connectivity index (χ2n) is 10.9. The summed E-state index contributed by atoms with van der Waals surface area (Å²) in [4.78, 5) is 55.4. The number of nitrogens with zero attached hydrogens (tertiary/aromatic N) is 1. The largest absolute Gasteiger partial charge is 0.453 e. The molecule has 1 aliphatic heterocycles. The Morgan fingerprint density at radius 1 is 0.745 bits per heavy atom. The summed E-state index contributed by atoms with van der Waals surface area (Å²) in [5.41, 5.74) is -1.31. The number of aliphatic hydroxyl groups excluding tert-OH is 1. The van der Waals surface area contributed by atoms with E-state index in [-0.39, 0.29) is 29.9 Å². The second kappa shape index (κ2) is 16.0. The maximum Gasteiger partial charge on any atom is 0.340 e. The molecule has 3 aromatic carbocycles. The first-order chi connectivity index (χ1) is 22.5. The van der Waals surface area contributed by atoms with E-state index in [1.165, 1.54) is 43.3 Å². The molecule has 12 nitrogen and oxygen atoms in total. The summed E-state index contributed by atoms with van der Waals surface area (Å²) in [6.07, 6.45) is -5.23. The molecule has 1 saturated heterocycles. The van der Waals surface area contributed by atoms with Crippen molar-refractivity contribution in [2.75, 3.05) is 32.5 Å². The first kappa shape index (κ1) is 35.5. The van der Waals surface area contributed by atoms with Crippen LogP contribution in [0.2, 0.25) is 0 Å². The Bertz CT molecular complexity index is 1560. The summed E-state index contributed by atoms with van der Waals surface area (Å²) in [5, 5.41) is 10.9. The van der Waals surface area contributed by atoms with Gasteiger partial charge in [0, 0.05) is 0 Å². The maximum atomic E-state index is 14.0. The summed E-state index contributed by atoms with van der Waals surface area (Å²) in [6, 6.07) is 24.0. The monoisotopic (exact) mass is 667 g/mol. The van der Waals surface area contributed by atoms with E-state index in [1.54, 1.807) is 68.4 Å². The van der Waals surface area contributed by atoms with Crippen molar-refractivity contribution in [2.24, 2.45) is 0 Å². The van der Waals surface area contributed by atoms with Crippen LogP contribution in [0.1, 0.15) is 51.8 Å². The predicted molar refractivity (Wildman–Crippen MR) is 170 cm³/mol. The number of carbonyl (C=O) groups is 4. The van der Waals surface area contributed by atoms with Crippen LogP contribution in [0.3, 0.4) is 0 Å². The Morgan fingerprint density at radius 3 is 1.60 bits per heavy atom. The zero-order chi connectivity index (χ0) is 34.0. The predicted octanol–water partition coefficient (Wildman–Crippen LogP) is 4.52. The number of esters is 3. The topological polar surface area (TPSA) is 155 Å². The van der Waals surface area contributed by atoms with Crippen LogP contribution in [0.4, 0.5) is 0 Å². The minimum atomic E-state index is -3.95. The van der Waals surface area contributed by atoms with Crippen LogP contribution in [0.25, 0.3) is 0 Å². The van der Waals surface area contributed by atoms with Crippen molar-refractivity contribution < 1.29 is 52.1 Å². The molecule has 0 spiro atoms. The van der Waals surface area contributed by atoms with Gasteiger partial charge in [-0.05, 0) is 57.2 Å². The molecule has 0 radical (unpaired) electrons. The van der Waals surface area contributed by atoms with Gasteiger partial charge >= 0.3 is 25.5 Å². The molecule has 3 aromatic rings. The number of hydrogen-bond acceptors (Lipinski definition) is 11. The number of amides is 1. The number of likely N-dealkylation sites (tertiary alicyclic amines) is 1. The summed E-state index contributed by atoms with van der Waals surface area (Å²) < 4.78 is 41.9. The van der Waals surface area contributed by atoms with Gasteiger partial charge in [-0.3, -0.25) is 9.36 Å². The summed E-state index contributed by atoms with van der Waals surface area (Å²) >= 11 is 0. The van der Waals surface area contributed by atoms with Crippen LogP contribution >= 0.6 is 7.60 Å². The zero-order valence-corrected chi connectivity index (χ0v) is 27.2. The van der Waals surface area contributed by atoms with Crippen molar-refractivity contribution in [1.29, 1.82) is 0 Å². The second-order valence-corrected chi connectivity index (χ2v) is 12.9. The van der Waals surface area contributed by atoms with E-state index in [0.29, 0.717) is 0 Å². The first-order valence-electron chi connectivity index (χ1n) is 15.1. The number of carbonyl (C=O) groups excluding carboxylic acids is 4. The van der Waals surface area contributed by atoms with Crippen molar-refractivity contribution in [2.45, 2.75) is 44.6 Å².